The van der Waals surface area contributed by atoms with Crippen LogP contribution < -0.4 is 15.8 Å². The van der Waals surface area contributed by atoms with Gasteiger partial charge in [-0.2, -0.15) is 0 Å². The van der Waals surface area contributed by atoms with Gasteiger partial charge >= 0.3 is 0 Å². The minimum Gasteiger partial charge on any atom is -0.493 e. The van der Waals surface area contributed by atoms with Gasteiger partial charge in [0.2, 0.25) is 5.91 Å². The summed E-state index contributed by atoms with van der Waals surface area (Å²) in [5.74, 6) is 0.647. The number of primary amides is 1. The fraction of sp³-hybridized carbons (Fsp3) is 0.500. The van der Waals surface area contributed by atoms with E-state index in [0.29, 0.717) is 13.2 Å². The Morgan fingerprint density at radius 1 is 1.50 bits per heavy atom. The molecule has 0 bridgehead atoms. The molecule has 0 saturated carbocycles. The summed E-state index contributed by atoms with van der Waals surface area (Å²) in [4.78, 5) is 11.3. The first-order valence-corrected chi connectivity index (χ1v) is 6.26. The van der Waals surface area contributed by atoms with Gasteiger partial charge < -0.3 is 15.8 Å². The van der Waals surface area contributed by atoms with Gasteiger partial charge in [-0.15, -0.1) is 0 Å². The Morgan fingerprint density at radius 2 is 2.22 bits per heavy atom. The normalized spacial score (nSPS) is 18.9. The van der Waals surface area contributed by atoms with Gasteiger partial charge in [-0.3, -0.25) is 4.79 Å². The van der Waals surface area contributed by atoms with E-state index >= 15 is 0 Å². The van der Waals surface area contributed by atoms with Crippen LogP contribution in [0.1, 0.15) is 31.9 Å². The number of hydrogen-bond donors (Lipinski definition) is 2. The molecule has 0 saturated heterocycles. The molecule has 1 heterocycles. The van der Waals surface area contributed by atoms with Crippen molar-refractivity contribution >= 4 is 5.91 Å². The summed E-state index contributed by atoms with van der Waals surface area (Å²) in [6, 6.07) is 8.23. The van der Waals surface area contributed by atoms with E-state index in [9.17, 15) is 4.79 Å². The van der Waals surface area contributed by atoms with E-state index in [1.807, 2.05) is 32.0 Å². The Morgan fingerprint density at radius 3 is 2.94 bits per heavy atom. The summed E-state index contributed by atoms with van der Waals surface area (Å²) >= 11 is 0. The fourth-order valence-electron chi connectivity index (χ4n) is 2.02. The van der Waals surface area contributed by atoms with E-state index in [4.69, 9.17) is 10.5 Å². The largest absolute Gasteiger partial charge is 0.493 e. The standard InChI is InChI=1S/C14H20N2O2/c1-14(2,13(15)17)9-16-11-7-8-18-12-6-4-3-5-10(11)12/h3-6,11,16H,7-9H2,1-2H3,(H2,15,17). The molecule has 0 spiro atoms. The lowest BCUT2D eigenvalue weighted by atomic mass is 9.91. The molecule has 1 unspecified atom stereocenters. The minimum atomic E-state index is -0.534. The minimum absolute atomic E-state index is 0.230. The van der Waals surface area contributed by atoms with Crippen molar-refractivity contribution in [1.29, 1.82) is 0 Å². The number of hydrogen-bond acceptors (Lipinski definition) is 3. The Hall–Kier alpha value is -1.55. The Kier molecular flexibility index (Phi) is 3.57. The molecule has 1 aromatic rings. The maximum absolute atomic E-state index is 11.3. The van der Waals surface area contributed by atoms with E-state index in [2.05, 4.69) is 11.4 Å². The van der Waals surface area contributed by atoms with Gasteiger partial charge in [-0.05, 0) is 19.9 Å². The summed E-state index contributed by atoms with van der Waals surface area (Å²) in [6.07, 6.45) is 0.909. The molecule has 0 fully saturated rings. The van der Waals surface area contributed by atoms with Gasteiger partial charge in [0.05, 0.1) is 12.0 Å². The Labute approximate surface area is 108 Å². The zero-order valence-corrected chi connectivity index (χ0v) is 10.9. The van der Waals surface area contributed by atoms with Crippen LogP contribution in [0, 0.1) is 5.41 Å². The lowest BCUT2D eigenvalue weighted by Crippen LogP contribution is -2.42. The van der Waals surface area contributed by atoms with Crippen LogP contribution in [0.4, 0.5) is 0 Å². The van der Waals surface area contributed by atoms with Crippen molar-refractivity contribution in [3.8, 4) is 5.75 Å². The van der Waals surface area contributed by atoms with Crippen LogP contribution in [-0.2, 0) is 4.79 Å². The number of carbonyl (C=O) groups excluding carboxylic acids is 1. The zero-order valence-electron chi connectivity index (χ0n) is 10.9. The average Bonchev–Trinajstić information content (AvgIpc) is 2.36. The third-order valence-corrected chi connectivity index (χ3v) is 3.42. The Balaban J connectivity index is 2.06. The third-order valence-electron chi connectivity index (χ3n) is 3.42. The second-order valence-corrected chi connectivity index (χ2v) is 5.36. The lowest BCUT2D eigenvalue weighted by molar-refractivity contribution is -0.125. The van der Waals surface area contributed by atoms with E-state index in [-0.39, 0.29) is 11.9 Å². The van der Waals surface area contributed by atoms with Crippen LogP contribution in [0.25, 0.3) is 0 Å². The SMILES string of the molecule is CC(C)(CNC1CCOc2ccccc21)C(N)=O. The molecule has 4 nitrogen and oxygen atoms in total. The van der Waals surface area contributed by atoms with Crippen molar-refractivity contribution in [2.75, 3.05) is 13.2 Å². The predicted molar refractivity (Wildman–Crippen MR) is 70.3 cm³/mol. The number of carbonyl (C=O) groups is 1. The molecule has 98 valence electrons. The predicted octanol–water partition coefficient (Wildman–Crippen LogP) is 1.61. The number of nitrogens with one attached hydrogen (secondary N) is 1. The number of rotatable bonds is 4. The number of amides is 1. The highest BCUT2D eigenvalue weighted by molar-refractivity contribution is 5.80. The van der Waals surface area contributed by atoms with Gasteiger partial charge in [0.1, 0.15) is 5.75 Å². The van der Waals surface area contributed by atoms with Crippen molar-refractivity contribution in [2.45, 2.75) is 26.3 Å². The molecule has 1 aliphatic heterocycles. The maximum atomic E-state index is 11.3. The zero-order chi connectivity index (χ0) is 13.2. The number of para-hydroxylation sites is 1. The second kappa shape index (κ2) is 4.98. The molecule has 1 aliphatic rings. The molecule has 18 heavy (non-hydrogen) atoms. The smallest absolute Gasteiger partial charge is 0.224 e. The van der Waals surface area contributed by atoms with Crippen LogP contribution >= 0.6 is 0 Å². The molecule has 1 amide bonds. The van der Waals surface area contributed by atoms with E-state index in [1.165, 1.54) is 0 Å². The van der Waals surface area contributed by atoms with Gasteiger partial charge in [-0.1, -0.05) is 18.2 Å². The van der Waals surface area contributed by atoms with Crippen molar-refractivity contribution < 1.29 is 9.53 Å². The summed E-state index contributed by atoms with van der Waals surface area (Å²) in [7, 11) is 0. The van der Waals surface area contributed by atoms with Crippen LogP contribution in [0.3, 0.4) is 0 Å². The molecule has 1 atom stereocenters. The van der Waals surface area contributed by atoms with Crippen molar-refractivity contribution in [3.05, 3.63) is 29.8 Å². The number of benzene rings is 1. The van der Waals surface area contributed by atoms with Gasteiger partial charge in [0.25, 0.3) is 0 Å². The lowest BCUT2D eigenvalue weighted by Gasteiger charge is -2.30. The molecular weight excluding hydrogens is 228 g/mol. The topological polar surface area (TPSA) is 64.3 Å². The van der Waals surface area contributed by atoms with Crippen LogP contribution in [0.2, 0.25) is 0 Å². The third kappa shape index (κ3) is 2.64. The highest BCUT2D eigenvalue weighted by atomic mass is 16.5. The Bertz CT molecular complexity index is 443. The first-order valence-electron chi connectivity index (χ1n) is 6.26. The van der Waals surface area contributed by atoms with Crippen molar-refractivity contribution in [3.63, 3.8) is 0 Å². The molecule has 0 aromatic heterocycles. The van der Waals surface area contributed by atoms with Crippen LogP contribution in [0.5, 0.6) is 5.75 Å². The van der Waals surface area contributed by atoms with Crippen molar-refractivity contribution in [2.24, 2.45) is 11.1 Å². The maximum Gasteiger partial charge on any atom is 0.224 e. The summed E-state index contributed by atoms with van der Waals surface area (Å²) < 4.78 is 5.60. The summed E-state index contributed by atoms with van der Waals surface area (Å²) in [6.45, 7) is 4.98. The van der Waals surface area contributed by atoms with Crippen LogP contribution in [-0.4, -0.2) is 19.1 Å². The van der Waals surface area contributed by atoms with Gasteiger partial charge in [0.15, 0.2) is 0 Å². The highest BCUT2D eigenvalue weighted by Crippen LogP contribution is 2.32. The van der Waals surface area contributed by atoms with Crippen LogP contribution in [0.15, 0.2) is 24.3 Å². The molecular formula is C14H20N2O2. The molecule has 3 N–H and O–H groups in total. The van der Waals surface area contributed by atoms with Gasteiger partial charge in [0, 0.05) is 24.6 Å². The first-order chi connectivity index (χ1) is 8.50. The monoisotopic (exact) mass is 248 g/mol. The first kappa shape index (κ1) is 12.9. The van der Waals surface area contributed by atoms with Crippen molar-refractivity contribution in [1.82, 2.24) is 5.32 Å². The van der Waals surface area contributed by atoms with E-state index in [0.717, 1.165) is 17.7 Å². The molecule has 4 heteroatoms. The number of ether oxygens (including phenoxy) is 1. The van der Waals surface area contributed by atoms with Gasteiger partial charge in [-0.25, -0.2) is 0 Å². The molecule has 2 rings (SSSR count). The number of fused-ring (bicyclic) bond motifs is 1. The molecule has 1 aromatic carbocycles. The summed E-state index contributed by atoms with van der Waals surface area (Å²) in [5.41, 5.74) is 6.00. The van der Waals surface area contributed by atoms with E-state index in [1.54, 1.807) is 0 Å². The molecule has 0 radical (unpaired) electrons. The molecule has 0 aliphatic carbocycles. The quantitative estimate of drug-likeness (QED) is 0.851. The average molecular weight is 248 g/mol. The van der Waals surface area contributed by atoms with E-state index < -0.39 is 5.41 Å². The second-order valence-electron chi connectivity index (χ2n) is 5.36. The fourth-order valence-corrected chi connectivity index (χ4v) is 2.02. The number of nitrogens with two attached hydrogens (primary N) is 1. The summed E-state index contributed by atoms with van der Waals surface area (Å²) in [5, 5.41) is 3.42. The highest BCUT2D eigenvalue weighted by Gasteiger charge is 2.28.